The van der Waals surface area contributed by atoms with E-state index in [4.69, 9.17) is 10.5 Å². The number of carbonyl (C=O) groups is 2. The van der Waals surface area contributed by atoms with E-state index in [2.05, 4.69) is 5.32 Å². The predicted octanol–water partition coefficient (Wildman–Crippen LogP) is 2.71. The number of morpholine rings is 1. The molecule has 1 aromatic carbocycles. The third-order valence-electron chi connectivity index (χ3n) is 5.94. The summed E-state index contributed by atoms with van der Waals surface area (Å²) in [7, 11) is 0. The first-order valence-electron chi connectivity index (χ1n) is 10.0. The molecule has 1 heterocycles. The highest BCUT2D eigenvalue weighted by Crippen LogP contribution is 2.38. The Labute approximate surface area is 161 Å². The molecule has 1 saturated heterocycles. The van der Waals surface area contributed by atoms with Gasteiger partial charge in [0.15, 0.2) is 0 Å². The summed E-state index contributed by atoms with van der Waals surface area (Å²) in [5, 5.41) is 3.02. The zero-order valence-electron chi connectivity index (χ0n) is 16.3. The molecular weight excluding hydrogens is 342 g/mol. The zero-order chi connectivity index (χ0) is 19.3. The standard InChI is InChI=1S/C21H31N3O3/c1-16-5-6-17(20(26)24-9-11-27-12-10-24)13-18(16)23-19(25)14-21(15-22)7-3-2-4-8-21/h5-6,13H,2-4,7-12,14-15,22H2,1H3,(H,23,25). The van der Waals surface area contributed by atoms with Gasteiger partial charge < -0.3 is 20.7 Å². The van der Waals surface area contributed by atoms with Gasteiger partial charge in [0.2, 0.25) is 5.91 Å². The maximum Gasteiger partial charge on any atom is 0.254 e. The fourth-order valence-electron chi connectivity index (χ4n) is 4.13. The summed E-state index contributed by atoms with van der Waals surface area (Å²) in [6.45, 7) is 4.85. The minimum Gasteiger partial charge on any atom is -0.378 e. The summed E-state index contributed by atoms with van der Waals surface area (Å²) in [4.78, 5) is 27.2. The summed E-state index contributed by atoms with van der Waals surface area (Å²) in [5.41, 5.74) is 8.21. The van der Waals surface area contributed by atoms with Gasteiger partial charge in [-0.1, -0.05) is 25.3 Å². The van der Waals surface area contributed by atoms with Crippen LogP contribution in [0, 0.1) is 12.3 Å². The SMILES string of the molecule is Cc1ccc(C(=O)N2CCOCC2)cc1NC(=O)CC1(CN)CCCCC1. The lowest BCUT2D eigenvalue weighted by Crippen LogP contribution is -2.40. The van der Waals surface area contributed by atoms with Crippen LogP contribution in [0.15, 0.2) is 18.2 Å². The molecule has 0 radical (unpaired) electrons. The lowest BCUT2D eigenvalue weighted by atomic mass is 9.71. The van der Waals surface area contributed by atoms with Gasteiger partial charge in [0, 0.05) is 30.8 Å². The lowest BCUT2D eigenvalue weighted by molar-refractivity contribution is -0.118. The van der Waals surface area contributed by atoms with E-state index in [-0.39, 0.29) is 17.2 Å². The third-order valence-corrected chi connectivity index (χ3v) is 5.94. The molecule has 1 aliphatic carbocycles. The number of ether oxygens (including phenoxy) is 1. The average molecular weight is 373 g/mol. The molecule has 3 rings (SSSR count). The highest BCUT2D eigenvalue weighted by molar-refractivity contribution is 5.98. The molecule has 148 valence electrons. The number of nitrogens with one attached hydrogen (secondary N) is 1. The van der Waals surface area contributed by atoms with Crippen molar-refractivity contribution >= 4 is 17.5 Å². The molecule has 2 amide bonds. The summed E-state index contributed by atoms with van der Waals surface area (Å²) >= 11 is 0. The van der Waals surface area contributed by atoms with Gasteiger partial charge >= 0.3 is 0 Å². The van der Waals surface area contributed by atoms with Gasteiger partial charge in [-0.15, -0.1) is 0 Å². The number of carbonyl (C=O) groups excluding carboxylic acids is 2. The number of rotatable bonds is 5. The molecule has 0 aromatic heterocycles. The number of benzene rings is 1. The molecule has 1 aliphatic heterocycles. The van der Waals surface area contributed by atoms with Crippen molar-refractivity contribution in [3.63, 3.8) is 0 Å². The van der Waals surface area contributed by atoms with Crippen molar-refractivity contribution in [3.05, 3.63) is 29.3 Å². The van der Waals surface area contributed by atoms with Crippen LogP contribution in [0.2, 0.25) is 0 Å². The maximum atomic E-state index is 12.7. The van der Waals surface area contributed by atoms with E-state index < -0.39 is 0 Å². The molecule has 6 heteroatoms. The average Bonchev–Trinajstić information content (AvgIpc) is 2.70. The summed E-state index contributed by atoms with van der Waals surface area (Å²) in [6.07, 6.45) is 6.01. The number of hydrogen-bond donors (Lipinski definition) is 2. The highest BCUT2D eigenvalue weighted by Gasteiger charge is 2.33. The van der Waals surface area contributed by atoms with Crippen molar-refractivity contribution in [2.75, 3.05) is 38.2 Å². The number of aryl methyl sites for hydroxylation is 1. The number of hydrogen-bond acceptors (Lipinski definition) is 4. The van der Waals surface area contributed by atoms with Crippen LogP contribution in [-0.2, 0) is 9.53 Å². The summed E-state index contributed by atoms with van der Waals surface area (Å²) < 4.78 is 5.31. The molecule has 1 saturated carbocycles. The van der Waals surface area contributed by atoms with E-state index in [0.29, 0.717) is 50.5 Å². The Morgan fingerprint density at radius 1 is 1.19 bits per heavy atom. The van der Waals surface area contributed by atoms with E-state index in [1.807, 2.05) is 19.1 Å². The molecule has 0 unspecified atom stereocenters. The lowest BCUT2D eigenvalue weighted by Gasteiger charge is -2.35. The van der Waals surface area contributed by atoms with Crippen LogP contribution in [0.4, 0.5) is 5.69 Å². The molecule has 2 aliphatic rings. The van der Waals surface area contributed by atoms with E-state index in [1.54, 1.807) is 11.0 Å². The number of nitrogens with two attached hydrogens (primary N) is 1. The van der Waals surface area contributed by atoms with Gasteiger partial charge in [-0.05, 0) is 49.4 Å². The fourth-order valence-corrected chi connectivity index (χ4v) is 4.13. The van der Waals surface area contributed by atoms with Gasteiger partial charge in [0.25, 0.3) is 5.91 Å². The molecule has 27 heavy (non-hydrogen) atoms. The first-order chi connectivity index (χ1) is 13.0. The monoisotopic (exact) mass is 373 g/mol. The van der Waals surface area contributed by atoms with Crippen LogP contribution in [0.1, 0.15) is 54.4 Å². The molecule has 2 fully saturated rings. The normalized spacial score (nSPS) is 19.6. The second kappa shape index (κ2) is 8.85. The Hall–Kier alpha value is -1.92. The highest BCUT2D eigenvalue weighted by atomic mass is 16.5. The van der Waals surface area contributed by atoms with Crippen LogP contribution >= 0.6 is 0 Å². The molecular formula is C21H31N3O3. The van der Waals surface area contributed by atoms with Crippen LogP contribution in [-0.4, -0.2) is 49.6 Å². The minimum absolute atomic E-state index is 0.0126. The second-order valence-electron chi connectivity index (χ2n) is 7.92. The molecule has 6 nitrogen and oxygen atoms in total. The number of nitrogens with zero attached hydrogens (tertiary/aromatic N) is 1. The molecule has 0 spiro atoms. The van der Waals surface area contributed by atoms with Gasteiger partial charge in [0.05, 0.1) is 13.2 Å². The van der Waals surface area contributed by atoms with Gasteiger partial charge in [-0.3, -0.25) is 9.59 Å². The predicted molar refractivity (Wildman–Crippen MR) is 106 cm³/mol. The second-order valence-corrected chi connectivity index (χ2v) is 7.92. The Morgan fingerprint density at radius 2 is 1.89 bits per heavy atom. The van der Waals surface area contributed by atoms with Crippen molar-refractivity contribution < 1.29 is 14.3 Å². The van der Waals surface area contributed by atoms with Crippen molar-refractivity contribution in [3.8, 4) is 0 Å². The smallest absolute Gasteiger partial charge is 0.254 e. The first-order valence-corrected chi connectivity index (χ1v) is 10.0. The third kappa shape index (κ3) is 4.87. The van der Waals surface area contributed by atoms with Gasteiger partial charge in [-0.25, -0.2) is 0 Å². The van der Waals surface area contributed by atoms with E-state index in [1.165, 1.54) is 6.42 Å². The zero-order valence-corrected chi connectivity index (χ0v) is 16.3. The topological polar surface area (TPSA) is 84.7 Å². The molecule has 0 bridgehead atoms. The first kappa shape index (κ1) is 19.8. The van der Waals surface area contributed by atoms with Gasteiger partial charge in [0.1, 0.15) is 0 Å². The Bertz CT molecular complexity index is 677. The van der Waals surface area contributed by atoms with Crippen molar-refractivity contribution in [1.29, 1.82) is 0 Å². The van der Waals surface area contributed by atoms with Crippen LogP contribution < -0.4 is 11.1 Å². The largest absolute Gasteiger partial charge is 0.378 e. The maximum absolute atomic E-state index is 12.7. The van der Waals surface area contributed by atoms with E-state index >= 15 is 0 Å². The number of anilines is 1. The Balaban J connectivity index is 1.68. The fraction of sp³-hybridized carbons (Fsp3) is 0.619. The summed E-state index contributed by atoms with van der Waals surface area (Å²) in [6, 6.07) is 5.51. The van der Waals surface area contributed by atoms with Crippen LogP contribution in [0.25, 0.3) is 0 Å². The van der Waals surface area contributed by atoms with Crippen molar-refractivity contribution in [2.45, 2.75) is 45.4 Å². The van der Waals surface area contributed by atoms with Crippen molar-refractivity contribution in [2.24, 2.45) is 11.1 Å². The van der Waals surface area contributed by atoms with Crippen molar-refractivity contribution in [1.82, 2.24) is 4.90 Å². The van der Waals surface area contributed by atoms with Gasteiger partial charge in [-0.2, -0.15) is 0 Å². The Morgan fingerprint density at radius 3 is 2.56 bits per heavy atom. The van der Waals surface area contributed by atoms with E-state index in [0.717, 1.165) is 31.2 Å². The van der Waals surface area contributed by atoms with Crippen LogP contribution in [0.5, 0.6) is 0 Å². The quantitative estimate of drug-likeness (QED) is 0.831. The summed E-state index contributed by atoms with van der Waals surface area (Å²) in [5.74, 6) is -0.0269. The van der Waals surface area contributed by atoms with E-state index in [9.17, 15) is 9.59 Å². The molecule has 0 atom stereocenters. The van der Waals surface area contributed by atoms with Crippen LogP contribution in [0.3, 0.4) is 0 Å². The molecule has 3 N–H and O–H groups in total. The molecule has 1 aromatic rings. The minimum atomic E-state index is -0.0720. The number of amides is 2. The Kier molecular flexibility index (Phi) is 6.50.